The van der Waals surface area contributed by atoms with Gasteiger partial charge >= 0.3 is 18.2 Å². The van der Waals surface area contributed by atoms with E-state index in [9.17, 15) is 22.8 Å². The predicted octanol–water partition coefficient (Wildman–Crippen LogP) is 2.96. The number of nitrogens with one attached hydrogen (secondary N) is 1. The number of amides is 2. The van der Waals surface area contributed by atoms with E-state index in [1.165, 1.54) is 23.1 Å². The molecule has 132 valence electrons. The van der Waals surface area contributed by atoms with Gasteiger partial charge in [-0.1, -0.05) is 12.1 Å². The molecule has 1 aromatic carbocycles. The van der Waals surface area contributed by atoms with E-state index in [0.29, 0.717) is 12.8 Å². The van der Waals surface area contributed by atoms with Crippen LogP contribution >= 0.6 is 0 Å². The lowest BCUT2D eigenvalue weighted by Crippen LogP contribution is -2.42. The Labute approximate surface area is 136 Å². The fraction of sp³-hybridized carbons (Fsp3) is 0.467. The number of nitrogens with zero attached hydrogens (tertiary/aromatic N) is 1. The van der Waals surface area contributed by atoms with Crippen LogP contribution in [0.1, 0.15) is 12.8 Å². The van der Waals surface area contributed by atoms with Crippen molar-refractivity contribution in [2.45, 2.75) is 19.0 Å². The van der Waals surface area contributed by atoms with Gasteiger partial charge in [-0.3, -0.25) is 4.79 Å². The molecule has 1 aromatic rings. The molecule has 2 amide bonds. The summed E-state index contributed by atoms with van der Waals surface area (Å²) >= 11 is 0. The SMILES string of the molecule is O=C(O)C1CCN(C(=O)Nc2ccccc2OCC(F)(F)F)CC1. The first-order valence-electron chi connectivity index (χ1n) is 7.33. The molecule has 1 saturated heterocycles. The Morgan fingerprint density at radius 1 is 1.25 bits per heavy atom. The zero-order chi connectivity index (χ0) is 17.7. The summed E-state index contributed by atoms with van der Waals surface area (Å²) in [7, 11) is 0. The van der Waals surface area contributed by atoms with Crippen LogP contribution in [-0.2, 0) is 4.79 Å². The predicted molar refractivity (Wildman–Crippen MR) is 78.9 cm³/mol. The second kappa shape index (κ2) is 7.41. The van der Waals surface area contributed by atoms with Crippen LogP contribution in [0, 0.1) is 5.92 Å². The minimum Gasteiger partial charge on any atom is -0.482 e. The van der Waals surface area contributed by atoms with Gasteiger partial charge in [-0.25, -0.2) is 4.79 Å². The van der Waals surface area contributed by atoms with Crippen LogP contribution in [0.25, 0.3) is 0 Å². The highest BCUT2D eigenvalue weighted by Gasteiger charge is 2.30. The molecule has 0 bridgehead atoms. The summed E-state index contributed by atoms with van der Waals surface area (Å²) in [4.78, 5) is 24.5. The minimum absolute atomic E-state index is 0.0800. The zero-order valence-corrected chi connectivity index (χ0v) is 12.7. The number of carboxylic acid groups (broad SMARTS) is 1. The molecule has 1 aliphatic heterocycles. The van der Waals surface area contributed by atoms with Crippen molar-refractivity contribution in [3.8, 4) is 5.75 Å². The minimum atomic E-state index is -4.48. The fourth-order valence-electron chi connectivity index (χ4n) is 2.38. The smallest absolute Gasteiger partial charge is 0.422 e. The fourth-order valence-corrected chi connectivity index (χ4v) is 2.38. The van der Waals surface area contributed by atoms with Crippen molar-refractivity contribution in [1.82, 2.24) is 4.90 Å². The van der Waals surface area contributed by atoms with Gasteiger partial charge in [-0.05, 0) is 25.0 Å². The van der Waals surface area contributed by atoms with E-state index in [0.717, 1.165) is 0 Å². The molecular formula is C15H17F3N2O4. The van der Waals surface area contributed by atoms with E-state index in [4.69, 9.17) is 9.84 Å². The van der Waals surface area contributed by atoms with E-state index in [1.54, 1.807) is 6.07 Å². The van der Waals surface area contributed by atoms with Crippen molar-refractivity contribution in [2.75, 3.05) is 25.0 Å². The molecule has 0 aliphatic carbocycles. The first-order chi connectivity index (χ1) is 11.3. The second-order valence-electron chi connectivity index (χ2n) is 5.43. The van der Waals surface area contributed by atoms with Gasteiger partial charge in [0.15, 0.2) is 6.61 Å². The molecule has 0 saturated carbocycles. The monoisotopic (exact) mass is 346 g/mol. The normalized spacial score (nSPS) is 15.9. The van der Waals surface area contributed by atoms with Gasteiger partial charge in [-0.2, -0.15) is 13.2 Å². The molecule has 2 rings (SSSR count). The van der Waals surface area contributed by atoms with Gasteiger partial charge < -0.3 is 20.1 Å². The Morgan fingerprint density at radius 3 is 2.46 bits per heavy atom. The Bertz CT molecular complexity index is 599. The summed E-state index contributed by atoms with van der Waals surface area (Å²) in [5.74, 6) is -1.44. The van der Waals surface area contributed by atoms with Crippen molar-refractivity contribution < 1.29 is 32.6 Å². The third kappa shape index (κ3) is 5.04. The molecule has 1 aliphatic rings. The lowest BCUT2D eigenvalue weighted by Gasteiger charge is -2.30. The molecule has 1 fully saturated rings. The van der Waals surface area contributed by atoms with Crippen LogP contribution in [0.15, 0.2) is 24.3 Å². The number of hydrogen-bond acceptors (Lipinski definition) is 3. The first-order valence-corrected chi connectivity index (χ1v) is 7.33. The van der Waals surface area contributed by atoms with Crippen LogP contribution in [0.3, 0.4) is 0 Å². The number of likely N-dealkylation sites (tertiary alicyclic amines) is 1. The average Bonchev–Trinajstić information content (AvgIpc) is 2.53. The number of piperidine rings is 1. The van der Waals surface area contributed by atoms with Crippen LogP contribution in [-0.4, -0.2) is 47.9 Å². The molecule has 24 heavy (non-hydrogen) atoms. The van der Waals surface area contributed by atoms with Gasteiger partial charge in [0.1, 0.15) is 5.75 Å². The number of benzene rings is 1. The number of ether oxygens (including phenoxy) is 1. The quantitative estimate of drug-likeness (QED) is 0.879. The van der Waals surface area contributed by atoms with Crippen molar-refractivity contribution in [1.29, 1.82) is 0 Å². The number of rotatable bonds is 4. The Balaban J connectivity index is 1.96. The summed E-state index contributed by atoms with van der Waals surface area (Å²) < 4.78 is 41.5. The van der Waals surface area contributed by atoms with Gasteiger partial charge in [-0.15, -0.1) is 0 Å². The van der Waals surface area contributed by atoms with Crippen molar-refractivity contribution >= 4 is 17.7 Å². The molecule has 0 unspecified atom stereocenters. The Hall–Kier alpha value is -2.45. The van der Waals surface area contributed by atoms with E-state index in [2.05, 4.69) is 5.32 Å². The third-order valence-corrected chi connectivity index (χ3v) is 3.65. The number of anilines is 1. The van der Waals surface area contributed by atoms with Crippen molar-refractivity contribution in [2.24, 2.45) is 5.92 Å². The number of alkyl halides is 3. The lowest BCUT2D eigenvalue weighted by molar-refractivity contribution is -0.153. The third-order valence-electron chi connectivity index (χ3n) is 3.65. The second-order valence-corrected chi connectivity index (χ2v) is 5.43. The number of hydrogen-bond donors (Lipinski definition) is 2. The van der Waals surface area contributed by atoms with E-state index in [1.807, 2.05) is 0 Å². The van der Waals surface area contributed by atoms with Gasteiger partial charge in [0.25, 0.3) is 0 Å². The van der Waals surface area contributed by atoms with Gasteiger partial charge in [0.05, 0.1) is 11.6 Å². The maximum atomic E-state index is 12.3. The maximum absolute atomic E-state index is 12.3. The first kappa shape index (κ1) is 17.9. The number of carbonyl (C=O) groups is 2. The van der Waals surface area contributed by atoms with Crippen molar-refractivity contribution in [3.63, 3.8) is 0 Å². The van der Waals surface area contributed by atoms with Crippen LogP contribution < -0.4 is 10.1 Å². The highest BCUT2D eigenvalue weighted by molar-refractivity contribution is 5.91. The Morgan fingerprint density at radius 2 is 1.88 bits per heavy atom. The molecule has 0 aromatic heterocycles. The van der Waals surface area contributed by atoms with E-state index in [-0.39, 0.29) is 24.5 Å². The largest absolute Gasteiger partial charge is 0.482 e. The number of carboxylic acids is 1. The molecule has 0 radical (unpaired) electrons. The molecule has 2 N–H and O–H groups in total. The zero-order valence-electron chi connectivity index (χ0n) is 12.7. The van der Waals surface area contributed by atoms with E-state index < -0.39 is 30.7 Å². The summed E-state index contributed by atoms with van der Waals surface area (Å²) in [6.45, 7) is -0.910. The lowest BCUT2D eigenvalue weighted by atomic mass is 9.97. The summed E-state index contributed by atoms with van der Waals surface area (Å²) in [5.41, 5.74) is 0.132. The van der Waals surface area contributed by atoms with Crippen LogP contribution in [0.4, 0.5) is 23.7 Å². The molecular weight excluding hydrogens is 329 g/mol. The Kier molecular flexibility index (Phi) is 5.53. The number of urea groups is 1. The van der Waals surface area contributed by atoms with Crippen LogP contribution in [0.5, 0.6) is 5.75 Å². The van der Waals surface area contributed by atoms with Crippen LogP contribution in [0.2, 0.25) is 0 Å². The number of para-hydroxylation sites is 2. The molecule has 0 atom stereocenters. The topological polar surface area (TPSA) is 78.9 Å². The summed E-state index contributed by atoms with van der Waals surface area (Å²) in [5, 5.41) is 11.4. The summed E-state index contributed by atoms with van der Waals surface area (Å²) in [6, 6.07) is 5.33. The van der Waals surface area contributed by atoms with Crippen molar-refractivity contribution in [3.05, 3.63) is 24.3 Å². The number of aliphatic carboxylic acids is 1. The van der Waals surface area contributed by atoms with E-state index >= 15 is 0 Å². The standard InChI is InChI=1S/C15H17F3N2O4/c16-15(17,18)9-24-12-4-2-1-3-11(12)19-14(23)20-7-5-10(6-8-20)13(21)22/h1-4,10H,5-9H2,(H,19,23)(H,21,22). The average molecular weight is 346 g/mol. The highest BCUT2D eigenvalue weighted by Crippen LogP contribution is 2.27. The number of halogens is 3. The highest BCUT2D eigenvalue weighted by atomic mass is 19.4. The molecule has 9 heteroatoms. The maximum Gasteiger partial charge on any atom is 0.422 e. The molecule has 6 nitrogen and oxygen atoms in total. The summed E-state index contributed by atoms with van der Waals surface area (Å²) in [6.07, 6.45) is -3.79. The molecule has 1 heterocycles. The number of carbonyl (C=O) groups excluding carboxylic acids is 1. The van der Waals surface area contributed by atoms with Gasteiger partial charge in [0.2, 0.25) is 0 Å². The van der Waals surface area contributed by atoms with Gasteiger partial charge in [0, 0.05) is 13.1 Å². The molecule has 0 spiro atoms.